The van der Waals surface area contributed by atoms with Crippen LogP contribution in [0.4, 0.5) is 11.4 Å². The average molecular weight is 414 g/mol. The Bertz CT molecular complexity index is 872. The predicted octanol–water partition coefficient (Wildman–Crippen LogP) is 3.45. The van der Waals surface area contributed by atoms with Gasteiger partial charge in [0.1, 0.15) is 0 Å². The maximum absolute atomic E-state index is 13.3. The van der Waals surface area contributed by atoms with Crippen molar-refractivity contribution in [2.75, 3.05) is 30.3 Å². The summed E-state index contributed by atoms with van der Waals surface area (Å²) in [6.07, 6.45) is 3.94. The second kappa shape index (κ2) is 9.31. The normalized spacial score (nSPS) is 18.6. The molecule has 0 aliphatic carbocycles. The lowest BCUT2D eigenvalue weighted by molar-refractivity contribution is -0.134. The standard InChI is InChI=1S/C23H27N3O2.ClH/c24-20-11-4-12-21-19(20)10-6-14-26(21)23(28)18-9-5-13-25(16-18)22(27)15-17-7-2-1-3-8-17;/h1-4,7-8,11-12,18H,5-6,9-10,13-16,24H2;1H. The summed E-state index contributed by atoms with van der Waals surface area (Å²) >= 11 is 0. The molecule has 2 aromatic carbocycles. The number of benzene rings is 2. The van der Waals surface area contributed by atoms with Crippen molar-refractivity contribution in [2.45, 2.75) is 32.1 Å². The van der Waals surface area contributed by atoms with Crippen LogP contribution in [0.15, 0.2) is 48.5 Å². The third-order valence-electron chi connectivity index (χ3n) is 5.87. The number of piperidine rings is 1. The molecule has 1 atom stereocenters. The fourth-order valence-electron chi connectivity index (χ4n) is 4.39. The summed E-state index contributed by atoms with van der Waals surface area (Å²) in [5, 5.41) is 0. The first-order valence-corrected chi connectivity index (χ1v) is 10.1. The summed E-state index contributed by atoms with van der Waals surface area (Å²) in [4.78, 5) is 29.8. The minimum Gasteiger partial charge on any atom is -0.398 e. The van der Waals surface area contributed by atoms with Gasteiger partial charge in [-0.3, -0.25) is 9.59 Å². The molecule has 5 nitrogen and oxygen atoms in total. The molecule has 0 saturated carbocycles. The topological polar surface area (TPSA) is 66.6 Å². The monoisotopic (exact) mass is 413 g/mol. The first kappa shape index (κ1) is 21.2. The third kappa shape index (κ3) is 4.56. The van der Waals surface area contributed by atoms with Gasteiger partial charge < -0.3 is 15.5 Å². The van der Waals surface area contributed by atoms with Crippen molar-refractivity contribution in [1.29, 1.82) is 0 Å². The molecule has 2 aliphatic rings. The molecule has 1 fully saturated rings. The number of carbonyl (C=O) groups is 2. The van der Waals surface area contributed by atoms with E-state index in [1.807, 2.05) is 58.3 Å². The summed E-state index contributed by atoms with van der Waals surface area (Å²) in [6, 6.07) is 15.6. The summed E-state index contributed by atoms with van der Waals surface area (Å²) in [5.74, 6) is 0.0941. The Balaban J connectivity index is 0.00000240. The van der Waals surface area contributed by atoms with Crippen LogP contribution in [-0.2, 0) is 22.4 Å². The van der Waals surface area contributed by atoms with Gasteiger partial charge in [-0.05, 0) is 48.9 Å². The van der Waals surface area contributed by atoms with Crippen LogP contribution in [0.3, 0.4) is 0 Å². The quantitative estimate of drug-likeness (QED) is 0.783. The SMILES string of the molecule is Cl.Nc1cccc2c1CCCN2C(=O)C1CCCN(C(=O)Cc2ccccc2)C1. The van der Waals surface area contributed by atoms with Gasteiger partial charge >= 0.3 is 0 Å². The smallest absolute Gasteiger partial charge is 0.231 e. The van der Waals surface area contributed by atoms with E-state index in [0.29, 0.717) is 13.0 Å². The lowest BCUT2D eigenvalue weighted by atomic mass is 9.93. The van der Waals surface area contributed by atoms with Crippen molar-refractivity contribution in [3.63, 3.8) is 0 Å². The second-order valence-corrected chi connectivity index (χ2v) is 7.78. The first-order valence-electron chi connectivity index (χ1n) is 10.1. The minimum absolute atomic E-state index is 0. The Labute approximate surface area is 178 Å². The van der Waals surface area contributed by atoms with Crippen LogP contribution in [-0.4, -0.2) is 36.3 Å². The maximum atomic E-state index is 13.3. The number of carbonyl (C=O) groups excluding carboxylic acids is 2. The van der Waals surface area contributed by atoms with Gasteiger partial charge in [0.2, 0.25) is 11.8 Å². The minimum atomic E-state index is -0.138. The number of hydrogen-bond donors (Lipinski definition) is 1. The fourth-order valence-corrected chi connectivity index (χ4v) is 4.39. The van der Waals surface area contributed by atoms with Gasteiger partial charge in [0.15, 0.2) is 0 Å². The molecule has 1 saturated heterocycles. The fraction of sp³-hybridized carbons (Fsp3) is 0.391. The number of halogens is 1. The van der Waals surface area contributed by atoms with Crippen LogP contribution < -0.4 is 10.6 Å². The number of anilines is 2. The van der Waals surface area contributed by atoms with Crippen molar-refractivity contribution in [3.8, 4) is 0 Å². The molecule has 2 amide bonds. The molecule has 2 aliphatic heterocycles. The van der Waals surface area contributed by atoms with E-state index in [9.17, 15) is 9.59 Å². The summed E-state index contributed by atoms with van der Waals surface area (Å²) < 4.78 is 0. The molecular formula is C23H28ClN3O2. The van der Waals surface area contributed by atoms with E-state index in [1.54, 1.807) is 0 Å². The van der Waals surface area contributed by atoms with E-state index in [2.05, 4.69) is 0 Å². The second-order valence-electron chi connectivity index (χ2n) is 7.78. The highest BCUT2D eigenvalue weighted by Gasteiger charge is 2.33. The zero-order chi connectivity index (χ0) is 19.5. The Kier molecular flexibility index (Phi) is 6.80. The lowest BCUT2D eigenvalue weighted by Gasteiger charge is -2.37. The van der Waals surface area contributed by atoms with Crippen LogP contribution in [0.25, 0.3) is 0 Å². The van der Waals surface area contributed by atoms with Crippen molar-refractivity contribution in [3.05, 3.63) is 59.7 Å². The number of nitrogen functional groups attached to an aromatic ring is 1. The van der Waals surface area contributed by atoms with Gasteiger partial charge in [0.25, 0.3) is 0 Å². The van der Waals surface area contributed by atoms with Crippen molar-refractivity contribution in [1.82, 2.24) is 4.90 Å². The molecule has 1 unspecified atom stereocenters. The van der Waals surface area contributed by atoms with Gasteiger partial charge in [0.05, 0.1) is 12.3 Å². The number of amides is 2. The molecule has 0 bridgehead atoms. The highest BCUT2D eigenvalue weighted by Crippen LogP contribution is 2.33. The highest BCUT2D eigenvalue weighted by atomic mass is 35.5. The van der Waals surface area contributed by atoms with Crippen molar-refractivity contribution >= 4 is 35.6 Å². The number of hydrogen-bond acceptors (Lipinski definition) is 3. The summed E-state index contributed by atoms with van der Waals surface area (Å²) in [5.41, 5.74) is 9.93. The third-order valence-corrected chi connectivity index (χ3v) is 5.87. The lowest BCUT2D eigenvalue weighted by Crippen LogP contribution is -2.48. The largest absolute Gasteiger partial charge is 0.398 e. The number of rotatable bonds is 3. The molecule has 6 heteroatoms. The number of likely N-dealkylation sites (tertiary alicyclic amines) is 1. The number of nitrogens with zero attached hydrogens (tertiary/aromatic N) is 2. The Morgan fingerprint density at radius 3 is 2.59 bits per heavy atom. The predicted molar refractivity (Wildman–Crippen MR) is 118 cm³/mol. The van der Waals surface area contributed by atoms with Gasteiger partial charge in [-0.2, -0.15) is 0 Å². The molecule has 2 aromatic rings. The Morgan fingerprint density at radius 2 is 1.79 bits per heavy atom. The molecule has 4 rings (SSSR count). The zero-order valence-electron chi connectivity index (χ0n) is 16.5. The summed E-state index contributed by atoms with van der Waals surface area (Å²) in [6.45, 7) is 1.97. The molecule has 0 aromatic heterocycles. The zero-order valence-corrected chi connectivity index (χ0v) is 17.4. The molecular weight excluding hydrogens is 386 g/mol. The Hall–Kier alpha value is -2.53. The van der Waals surface area contributed by atoms with Gasteiger partial charge in [0, 0.05) is 31.0 Å². The van der Waals surface area contributed by atoms with E-state index < -0.39 is 0 Å². The molecule has 154 valence electrons. The Morgan fingerprint density at radius 1 is 1.00 bits per heavy atom. The average Bonchev–Trinajstić information content (AvgIpc) is 2.74. The van der Waals surface area contributed by atoms with Crippen LogP contribution in [0, 0.1) is 5.92 Å². The maximum Gasteiger partial charge on any atom is 0.231 e. The molecule has 2 N–H and O–H groups in total. The molecule has 29 heavy (non-hydrogen) atoms. The van der Waals surface area contributed by atoms with E-state index in [4.69, 9.17) is 5.73 Å². The highest BCUT2D eigenvalue weighted by molar-refractivity contribution is 5.97. The van der Waals surface area contributed by atoms with Crippen LogP contribution in [0.5, 0.6) is 0 Å². The molecule has 2 heterocycles. The molecule has 0 spiro atoms. The number of fused-ring (bicyclic) bond motifs is 1. The van der Waals surface area contributed by atoms with Crippen LogP contribution >= 0.6 is 12.4 Å². The van der Waals surface area contributed by atoms with E-state index in [-0.39, 0.29) is 30.1 Å². The van der Waals surface area contributed by atoms with Crippen LogP contribution in [0.1, 0.15) is 30.4 Å². The number of nitrogens with two attached hydrogens (primary N) is 1. The van der Waals surface area contributed by atoms with Crippen molar-refractivity contribution in [2.24, 2.45) is 5.92 Å². The van der Waals surface area contributed by atoms with Gasteiger partial charge in [-0.25, -0.2) is 0 Å². The van der Waals surface area contributed by atoms with Crippen molar-refractivity contribution < 1.29 is 9.59 Å². The van der Waals surface area contributed by atoms with Crippen LogP contribution in [0.2, 0.25) is 0 Å². The molecule has 0 radical (unpaired) electrons. The first-order chi connectivity index (χ1) is 13.6. The van der Waals surface area contributed by atoms with E-state index in [1.165, 1.54) is 0 Å². The van der Waals surface area contributed by atoms with Gasteiger partial charge in [-0.1, -0.05) is 36.4 Å². The van der Waals surface area contributed by atoms with E-state index >= 15 is 0 Å². The van der Waals surface area contributed by atoms with E-state index in [0.717, 1.165) is 61.3 Å². The van der Waals surface area contributed by atoms with Gasteiger partial charge in [-0.15, -0.1) is 12.4 Å². The summed E-state index contributed by atoms with van der Waals surface area (Å²) in [7, 11) is 0.